The Labute approximate surface area is 135 Å². The standard InChI is InChI=1S/C16H22N4O3/c1-3-20-9-13(8-19-20)23-15-11-22-10-14(15)17-6-12-4-5-16(21-2)18-7-12/h4-5,7-9,14-15,17H,3,6,10-11H2,1-2H3/t14-,15+/m0/s1. The van der Waals surface area contributed by atoms with Crippen LogP contribution in [0.5, 0.6) is 11.6 Å². The van der Waals surface area contributed by atoms with Crippen molar-refractivity contribution in [3.8, 4) is 11.6 Å². The number of pyridine rings is 1. The van der Waals surface area contributed by atoms with Crippen molar-refractivity contribution in [2.75, 3.05) is 20.3 Å². The molecule has 0 aliphatic carbocycles. The van der Waals surface area contributed by atoms with Crippen LogP contribution in [-0.4, -0.2) is 47.2 Å². The van der Waals surface area contributed by atoms with Gasteiger partial charge in [-0.2, -0.15) is 5.10 Å². The van der Waals surface area contributed by atoms with Gasteiger partial charge in [-0.3, -0.25) is 4.68 Å². The van der Waals surface area contributed by atoms with Crippen LogP contribution in [0.1, 0.15) is 12.5 Å². The molecule has 1 N–H and O–H groups in total. The third-order valence-corrected chi connectivity index (χ3v) is 3.82. The lowest BCUT2D eigenvalue weighted by molar-refractivity contribution is 0.139. The van der Waals surface area contributed by atoms with Crippen molar-refractivity contribution >= 4 is 0 Å². The van der Waals surface area contributed by atoms with E-state index in [1.54, 1.807) is 13.3 Å². The molecule has 7 heteroatoms. The normalized spacial score (nSPS) is 20.6. The summed E-state index contributed by atoms with van der Waals surface area (Å²) in [5.41, 5.74) is 1.09. The molecule has 0 spiro atoms. The summed E-state index contributed by atoms with van der Waals surface area (Å²) in [5, 5.41) is 7.69. The Balaban J connectivity index is 1.53. The molecule has 1 aliphatic rings. The van der Waals surface area contributed by atoms with Crippen LogP contribution in [0.15, 0.2) is 30.7 Å². The molecule has 0 amide bonds. The first kappa shape index (κ1) is 15.8. The van der Waals surface area contributed by atoms with Gasteiger partial charge in [0.1, 0.15) is 6.10 Å². The number of ether oxygens (including phenoxy) is 3. The molecular weight excluding hydrogens is 296 g/mol. The molecule has 0 unspecified atom stereocenters. The van der Waals surface area contributed by atoms with E-state index >= 15 is 0 Å². The number of nitrogens with zero attached hydrogens (tertiary/aromatic N) is 3. The molecule has 7 nitrogen and oxygen atoms in total. The average molecular weight is 318 g/mol. The second-order valence-corrected chi connectivity index (χ2v) is 5.42. The van der Waals surface area contributed by atoms with E-state index in [-0.39, 0.29) is 12.1 Å². The first-order valence-electron chi connectivity index (χ1n) is 7.77. The third-order valence-electron chi connectivity index (χ3n) is 3.82. The van der Waals surface area contributed by atoms with E-state index in [0.717, 1.165) is 17.9 Å². The predicted molar refractivity (Wildman–Crippen MR) is 84.6 cm³/mol. The largest absolute Gasteiger partial charge is 0.483 e. The van der Waals surface area contributed by atoms with Gasteiger partial charge in [0.25, 0.3) is 0 Å². The zero-order valence-corrected chi connectivity index (χ0v) is 13.4. The molecule has 3 rings (SSSR count). The van der Waals surface area contributed by atoms with Crippen molar-refractivity contribution in [3.63, 3.8) is 0 Å². The Bertz CT molecular complexity index is 614. The molecule has 1 fully saturated rings. The van der Waals surface area contributed by atoms with E-state index in [4.69, 9.17) is 14.2 Å². The van der Waals surface area contributed by atoms with E-state index in [1.165, 1.54) is 0 Å². The van der Waals surface area contributed by atoms with E-state index < -0.39 is 0 Å². The molecule has 124 valence electrons. The Hall–Kier alpha value is -2.12. The molecule has 1 aliphatic heterocycles. The molecular formula is C16H22N4O3. The number of aryl methyl sites for hydroxylation is 1. The fourth-order valence-electron chi connectivity index (χ4n) is 2.48. The molecule has 3 heterocycles. The SMILES string of the molecule is CCn1cc(O[C@@H]2COC[C@@H]2NCc2ccc(OC)nc2)cn1. The summed E-state index contributed by atoms with van der Waals surface area (Å²) < 4.78 is 18.4. The maximum Gasteiger partial charge on any atom is 0.212 e. The van der Waals surface area contributed by atoms with Crippen LogP contribution >= 0.6 is 0 Å². The van der Waals surface area contributed by atoms with Gasteiger partial charge < -0.3 is 19.5 Å². The zero-order chi connectivity index (χ0) is 16.1. The first-order chi connectivity index (χ1) is 11.3. The van der Waals surface area contributed by atoms with Gasteiger partial charge in [-0.1, -0.05) is 6.07 Å². The second-order valence-electron chi connectivity index (χ2n) is 5.42. The Morgan fingerprint density at radius 3 is 2.96 bits per heavy atom. The number of nitrogens with one attached hydrogen (secondary N) is 1. The van der Waals surface area contributed by atoms with Gasteiger partial charge in [0.15, 0.2) is 5.75 Å². The molecule has 23 heavy (non-hydrogen) atoms. The van der Waals surface area contributed by atoms with Gasteiger partial charge in [-0.15, -0.1) is 0 Å². The van der Waals surface area contributed by atoms with E-state index in [9.17, 15) is 0 Å². The topological polar surface area (TPSA) is 70.4 Å². The van der Waals surface area contributed by atoms with Gasteiger partial charge in [-0.25, -0.2) is 4.98 Å². The second kappa shape index (κ2) is 7.43. The number of hydrogen-bond acceptors (Lipinski definition) is 6. The van der Waals surface area contributed by atoms with Crippen LogP contribution in [0.4, 0.5) is 0 Å². The molecule has 2 atom stereocenters. The van der Waals surface area contributed by atoms with Gasteiger partial charge in [0.2, 0.25) is 5.88 Å². The summed E-state index contributed by atoms with van der Waals surface area (Å²) in [7, 11) is 1.61. The van der Waals surface area contributed by atoms with E-state index in [2.05, 4.69) is 15.4 Å². The lowest BCUT2D eigenvalue weighted by Crippen LogP contribution is -2.41. The van der Waals surface area contributed by atoms with Crippen LogP contribution in [0.2, 0.25) is 0 Å². The summed E-state index contributed by atoms with van der Waals surface area (Å²) in [6.45, 7) is 4.80. The van der Waals surface area contributed by atoms with Gasteiger partial charge in [0, 0.05) is 25.4 Å². The third kappa shape index (κ3) is 4.00. The fourth-order valence-corrected chi connectivity index (χ4v) is 2.48. The minimum absolute atomic E-state index is 0.0179. The minimum Gasteiger partial charge on any atom is -0.483 e. The van der Waals surface area contributed by atoms with Gasteiger partial charge in [0.05, 0.1) is 38.8 Å². The monoisotopic (exact) mass is 318 g/mol. The molecule has 0 radical (unpaired) electrons. The number of hydrogen-bond donors (Lipinski definition) is 1. The lowest BCUT2D eigenvalue weighted by Gasteiger charge is -2.19. The van der Waals surface area contributed by atoms with Crippen LogP contribution in [-0.2, 0) is 17.8 Å². The van der Waals surface area contributed by atoms with Crippen LogP contribution < -0.4 is 14.8 Å². The summed E-state index contributed by atoms with van der Waals surface area (Å²) in [5.74, 6) is 1.40. The Morgan fingerprint density at radius 2 is 2.26 bits per heavy atom. The fraction of sp³-hybridized carbons (Fsp3) is 0.500. The average Bonchev–Trinajstić information content (AvgIpc) is 3.23. The van der Waals surface area contributed by atoms with Crippen molar-refractivity contribution in [3.05, 3.63) is 36.3 Å². The van der Waals surface area contributed by atoms with E-state index in [1.807, 2.05) is 36.1 Å². The smallest absolute Gasteiger partial charge is 0.212 e. The Morgan fingerprint density at radius 1 is 1.35 bits per heavy atom. The molecule has 0 saturated carbocycles. The highest BCUT2D eigenvalue weighted by molar-refractivity contribution is 5.18. The predicted octanol–water partition coefficient (Wildman–Crippen LogP) is 1.24. The number of methoxy groups -OCH3 is 1. The number of aromatic nitrogens is 3. The molecule has 0 bridgehead atoms. The summed E-state index contributed by atoms with van der Waals surface area (Å²) in [6.07, 6.45) is 5.44. The van der Waals surface area contributed by atoms with Gasteiger partial charge >= 0.3 is 0 Å². The van der Waals surface area contributed by atoms with E-state index in [0.29, 0.717) is 25.6 Å². The zero-order valence-electron chi connectivity index (χ0n) is 13.4. The van der Waals surface area contributed by atoms with Crippen LogP contribution in [0.3, 0.4) is 0 Å². The lowest BCUT2D eigenvalue weighted by atomic mass is 10.2. The van der Waals surface area contributed by atoms with Crippen LogP contribution in [0, 0.1) is 0 Å². The highest BCUT2D eigenvalue weighted by atomic mass is 16.5. The molecule has 0 aromatic carbocycles. The summed E-state index contributed by atoms with van der Waals surface area (Å²) in [6, 6.07) is 3.99. The number of rotatable bonds is 7. The van der Waals surface area contributed by atoms with Crippen molar-refractivity contribution < 1.29 is 14.2 Å². The molecule has 1 saturated heterocycles. The molecule has 2 aromatic rings. The molecule has 2 aromatic heterocycles. The van der Waals surface area contributed by atoms with Crippen molar-refractivity contribution in [1.82, 2.24) is 20.1 Å². The van der Waals surface area contributed by atoms with Gasteiger partial charge in [-0.05, 0) is 12.5 Å². The summed E-state index contributed by atoms with van der Waals surface area (Å²) in [4.78, 5) is 4.21. The highest BCUT2D eigenvalue weighted by Gasteiger charge is 2.30. The summed E-state index contributed by atoms with van der Waals surface area (Å²) >= 11 is 0. The first-order valence-corrected chi connectivity index (χ1v) is 7.77. The van der Waals surface area contributed by atoms with Crippen LogP contribution in [0.25, 0.3) is 0 Å². The quantitative estimate of drug-likeness (QED) is 0.828. The maximum absolute atomic E-state index is 5.99. The Kier molecular flexibility index (Phi) is 5.09. The minimum atomic E-state index is -0.0179. The van der Waals surface area contributed by atoms with Crippen molar-refractivity contribution in [2.24, 2.45) is 0 Å². The maximum atomic E-state index is 5.99. The van der Waals surface area contributed by atoms with Crippen molar-refractivity contribution in [1.29, 1.82) is 0 Å². The van der Waals surface area contributed by atoms with Crippen molar-refractivity contribution in [2.45, 2.75) is 32.2 Å². The highest BCUT2D eigenvalue weighted by Crippen LogP contribution is 2.17.